The largest absolute Gasteiger partial charge is 0.573 e. The number of benzene rings is 3. The number of hydrogen-bond acceptors (Lipinski definition) is 7. The summed E-state index contributed by atoms with van der Waals surface area (Å²) in [7, 11) is 0. The normalized spacial score (nSPS) is 14.6. The topological polar surface area (TPSA) is 101 Å². The number of aryl methyl sites for hydroxylation is 1. The van der Waals surface area contributed by atoms with Gasteiger partial charge in [-0.1, -0.05) is 49.9 Å². The van der Waals surface area contributed by atoms with Crippen LogP contribution in [0.15, 0.2) is 83.0 Å². The van der Waals surface area contributed by atoms with E-state index >= 15 is 4.39 Å². The first kappa shape index (κ1) is 31.4. The summed E-state index contributed by atoms with van der Waals surface area (Å²) in [6, 6.07) is 16.4. The number of aromatic nitrogens is 2. The SMILES string of the molecule is Cc1nn(-c2ccc(C=NN3C(=O)CS/C3=N\c3ccccc3C(C)C)cc2F)cc1NC(=O)c1ccc(OC(F)(F)F)cc1. The van der Waals surface area contributed by atoms with Gasteiger partial charge in [-0.05, 0) is 66.4 Å². The summed E-state index contributed by atoms with van der Waals surface area (Å²) < 4.78 is 57.5. The van der Waals surface area contributed by atoms with Crippen LogP contribution >= 0.6 is 11.8 Å². The van der Waals surface area contributed by atoms with Gasteiger partial charge < -0.3 is 10.1 Å². The highest BCUT2D eigenvalue weighted by molar-refractivity contribution is 8.15. The average molecular weight is 639 g/mol. The standard InChI is InChI=1S/C31H26F4N6O3S/c1-18(2)23-6-4-5-7-25(23)38-30-41(28(42)17-45-30)36-15-20-8-13-27(24(32)14-20)40-16-26(19(3)39-40)37-29(43)21-9-11-22(12-10-21)44-31(33,34)35/h4-16,18H,17H2,1-3H3,(H,37,43)/b36-15?,38-30-. The van der Waals surface area contributed by atoms with E-state index in [1.807, 2.05) is 24.3 Å². The number of nitrogens with zero attached hydrogens (tertiary/aromatic N) is 5. The minimum Gasteiger partial charge on any atom is -0.406 e. The first-order valence-corrected chi connectivity index (χ1v) is 14.6. The molecule has 2 amide bonds. The minimum atomic E-state index is -4.85. The number of halogens is 4. The summed E-state index contributed by atoms with van der Waals surface area (Å²) in [5, 5.41) is 12.8. The summed E-state index contributed by atoms with van der Waals surface area (Å²) in [6.07, 6.45) is -2.06. The Morgan fingerprint density at radius 1 is 1.11 bits per heavy atom. The van der Waals surface area contributed by atoms with Crippen molar-refractivity contribution in [2.45, 2.75) is 33.1 Å². The van der Waals surface area contributed by atoms with Gasteiger partial charge in [-0.15, -0.1) is 13.2 Å². The van der Waals surface area contributed by atoms with Crippen LogP contribution in [0.25, 0.3) is 5.69 Å². The predicted octanol–water partition coefficient (Wildman–Crippen LogP) is 7.19. The lowest BCUT2D eigenvalue weighted by Crippen LogP contribution is -2.23. The fraction of sp³-hybridized carbons (Fsp3) is 0.194. The zero-order valence-corrected chi connectivity index (χ0v) is 25.0. The Labute approximate surface area is 259 Å². The first-order chi connectivity index (χ1) is 21.4. The number of hydrogen-bond donors (Lipinski definition) is 1. The molecule has 0 bridgehead atoms. The Balaban J connectivity index is 1.29. The van der Waals surface area contributed by atoms with E-state index in [0.717, 1.165) is 23.4 Å². The Bertz CT molecular complexity index is 1800. The molecule has 1 saturated heterocycles. The molecule has 1 aliphatic rings. The molecule has 1 N–H and O–H groups in total. The number of amidine groups is 1. The zero-order valence-electron chi connectivity index (χ0n) is 24.2. The van der Waals surface area contributed by atoms with Crippen molar-refractivity contribution >= 4 is 46.3 Å². The smallest absolute Gasteiger partial charge is 0.406 e. The summed E-state index contributed by atoms with van der Waals surface area (Å²) in [4.78, 5) is 29.9. The highest BCUT2D eigenvalue weighted by atomic mass is 32.2. The molecule has 0 spiro atoms. The minimum absolute atomic E-state index is 0.0821. The Morgan fingerprint density at radius 2 is 1.84 bits per heavy atom. The highest BCUT2D eigenvalue weighted by Gasteiger charge is 2.31. The van der Waals surface area contributed by atoms with E-state index in [2.05, 4.69) is 39.1 Å². The summed E-state index contributed by atoms with van der Waals surface area (Å²) in [6.45, 7) is 5.73. The van der Waals surface area contributed by atoms with E-state index < -0.39 is 23.8 Å². The van der Waals surface area contributed by atoms with Crippen LogP contribution in [0.1, 0.15) is 46.9 Å². The maximum Gasteiger partial charge on any atom is 0.573 e. The maximum absolute atomic E-state index is 15.2. The molecule has 0 atom stereocenters. The van der Waals surface area contributed by atoms with Crippen LogP contribution in [0.5, 0.6) is 5.75 Å². The van der Waals surface area contributed by atoms with Gasteiger partial charge in [-0.2, -0.15) is 15.2 Å². The van der Waals surface area contributed by atoms with E-state index in [0.29, 0.717) is 16.4 Å². The summed E-state index contributed by atoms with van der Waals surface area (Å²) >= 11 is 1.27. The molecule has 3 aromatic carbocycles. The fourth-order valence-electron chi connectivity index (χ4n) is 4.35. The summed E-state index contributed by atoms with van der Waals surface area (Å²) in [5.41, 5.74) is 3.00. The number of hydrazone groups is 1. The van der Waals surface area contributed by atoms with Gasteiger partial charge in [0.1, 0.15) is 17.3 Å². The van der Waals surface area contributed by atoms with Crippen LogP contribution in [0, 0.1) is 12.7 Å². The number of aliphatic imine (C=N–C) groups is 1. The maximum atomic E-state index is 15.2. The van der Waals surface area contributed by atoms with Gasteiger partial charge in [0, 0.05) is 5.56 Å². The van der Waals surface area contributed by atoms with Crippen LogP contribution in [0.3, 0.4) is 0 Å². The van der Waals surface area contributed by atoms with Crippen LogP contribution in [0.2, 0.25) is 0 Å². The number of ether oxygens (including phenoxy) is 1. The lowest BCUT2D eigenvalue weighted by atomic mass is 10.0. The summed E-state index contributed by atoms with van der Waals surface area (Å²) in [5.74, 6) is -1.53. The molecular formula is C31H26F4N6O3S. The number of carbonyl (C=O) groups is 2. The molecule has 0 unspecified atom stereocenters. The van der Waals surface area contributed by atoms with E-state index in [4.69, 9.17) is 0 Å². The number of nitrogens with one attached hydrogen (secondary N) is 1. The third-order valence-corrected chi connectivity index (χ3v) is 7.47. The monoisotopic (exact) mass is 638 g/mol. The Morgan fingerprint density at radius 3 is 2.53 bits per heavy atom. The second-order valence-electron chi connectivity index (χ2n) is 10.2. The van der Waals surface area contributed by atoms with Gasteiger partial charge in [0.15, 0.2) is 5.17 Å². The van der Waals surface area contributed by atoms with Crippen molar-refractivity contribution in [3.8, 4) is 11.4 Å². The molecule has 14 heteroatoms. The number of para-hydroxylation sites is 1. The molecule has 232 valence electrons. The molecule has 0 aliphatic carbocycles. The molecule has 5 rings (SSSR count). The third-order valence-electron chi connectivity index (χ3n) is 6.56. The Kier molecular flexibility index (Phi) is 9.04. The van der Waals surface area contributed by atoms with E-state index in [-0.39, 0.29) is 34.5 Å². The molecule has 1 aliphatic heterocycles. The third kappa shape index (κ3) is 7.58. The molecule has 45 heavy (non-hydrogen) atoms. The second kappa shape index (κ2) is 12.9. The lowest BCUT2D eigenvalue weighted by molar-refractivity contribution is -0.274. The molecule has 1 aromatic heterocycles. The van der Waals surface area contributed by atoms with Crippen molar-refractivity contribution in [1.29, 1.82) is 0 Å². The van der Waals surface area contributed by atoms with Crippen LogP contribution in [-0.4, -0.2) is 50.1 Å². The van der Waals surface area contributed by atoms with Gasteiger partial charge in [0.2, 0.25) is 0 Å². The lowest BCUT2D eigenvalue weighted by Gasteiger charge is -2.12. The zero-order chi connectivity index (χ0) is 32.3. The van der Waals surface area contributed by atoms with Crippen LogP contribution < -0.4 is 10.1 Å². The number of amides is 2. The van der Waals surface area contributed by atoms with E-state index in [1.54, 1.807) is 13.0 Å². The van der Waals surface area contributed by atoms with Gasteiger partial charge in [0.05, 0.1) is 35.2 Å². The number of thioether (sulfide) groups is 1. The van der Waals surface area contributed by atoms with Gasteiger partial charge in [-0.25, -0.2) is 14.1 Å². The molecule has 4 aromatic rings. The molecular weight excluding hydrogens is 612 g/mol. The number of anilines is 1. The first-order valence-electron chi connectivity index (χ1n) is 13.6. The molecule has 9 nitrogen and oxygen atoms in total. The molecule has 1 fully saturated rings. The van der Waals surface area contributed by atoms with Crippen molar-refractivity contribution in [3.63, 3.8) is 0 Å². The van der Waals surface area contributed by atoms with Gasteiger partial charge >= 0.3 is 6.36 Å². The number of carbonyl (C=O) groups excluding carboxylic acids is 2. The predicted molar refractivity (Wildman–Crippen MR) is 164 cm³/mol. The quantitative estimate of drug-likeness (QED) is 0.163. The average Bonchev–Trinajstić information content (AvgIpc) is 3.52. The van der Waals surface area contributed by atoms with Crippen molar-refractivity contribution in [2.75, 3.05) is 11.1 Å². The fourth-order valence-corrected chi connectivity index (χ4v) is 5.16. The van der Waals surface area contributed by atoms with Crippen molar-refractivity contribution in [1.82, 2.24) is 14.8 Å². The highest BCUT2D eigenvalue weighted by Crippen LogP contribution is 2.30. The van der Waals surface area contributed by atoms with E-state index in [9.17, 15) is 22.8 Å². The second-order valence-corrected chi connectivity index (χ2v) is 11.1. The number of rotatable bonds is 8. The van der Waals surface area contributed by atoms with Crippen LogP contribution in [0.4, 0.5) is 28.9 Å². The van der Waals surface area contributed by atoms with E-state index in [1.165, 1.54) is 58.1 Å². The van der Waals surface area contributed by atoms with Crippen molar-refractivity contribution in [3.05, 3.63) is 101 Å². The van der Waals surface area contributed by atoms with Gasteiger partial charge in [0.25, 0.3) is 11.8 Å². The van der Waals surface area contributed by atoms with Crippen molar-refractivity contribution in [2.24, 2.45) is 10.1 Å². The number of alkyl halides is 3. The molecule has 0 saturated carbocycles. The van der Waals surface area contributed by atoms with Crippen LogP contribution in [-0.2, 0) is 4.79 Å². The van der Waals surface area contributed by atoms with Gasteiger partial charge in [-0.3, -0.25) is 9.59 Å². The van der Waals surface area contributed by atoms with Crippen molar-refractivity contribution < 1.29 is 31.9 Å². The molecule has 0 radical (unpaired) electrons. The molecule has 2 heterocycles. The Hall–Kier alpha value is -4.98.